The summed E-state index contributed by atoms with van der Waals surface area (Å²) in [7, 11) is 0. The zero-order valence-electron chi connectivity index (χ0n) is 11.9. The molecule has 0 N–H and O–H groups in total. The lowest BCUT2D eigenvalue weighted by Gasteiger charge is -2.15. The van der Waals surface area contributed by atoms with Crippen LogP contribution in [0.25, 0.3) is 32.6 Å². The predicted octanol–water partition coefficient (Wildman–Crippen LogP) is 4.21. The third-order valence-corrected chi connectivity index (χ3v) is 4.31. The van der Waals surface area contributed by atoms with Crippen molar-refractivity contribution in [2.75, 3.05) is 6.54 Å². The second kappa shape index (κ2) is 5.12. The molecule has 112 valence electrons. The van der Waals surface area contributed by atoms with E-state index in [2.05, 4.69) is 15.1 Å². The van der Waals surface area contributed by atoms with Crippen molar-refractivity contribution in [1.82, 2.24) is 9.78 Å². The lowest BCUT2D eigenvalue weighted by Crippen LogP contribution is -2.09. The number of ketones is 1. The van der Waals surface area contributed by atoms with Gasteiger partial charge in [-0.15, -0.1) is 0 Å². The number of azide groups is 1. The number of nitrogens with zero attached hydrogens (tertiary/aromatic N) is 5. The van der Waals surface area contributed by atoms with Gasteiger partial charge in [-0.05, 0) is 17.7 Å². The number of rotatable bonds is 3. The number of fused-ring (bicyclic) bond motifs is 2. The first-order valence-corrected chi connectivity index (χ1v) is 7.44. The van der Waals surface area contributed by atoms with Crippen molar-refractivity contribution in [3.8, 4) is 11.3 Å². The molecule has 1 aliphatic carbocycles. The van der Waals surface area contributed by atoms with Crippen LogP contribution in [0.5, 0.6) is 0 Å². The lowest BCUT2D eigenvalue weighted by atomic mass is 9.87. The van der Waals surface area contributed by atoms with Crippen molar-refractivity contribution in [3.05, 3.63) is 63.0 Å². The van der Waals surface area contributed by atoms with E-state index in [9.17, 15) is 4.79 Å². The Morgan fingerprint density at radius 1 is 1.22 bits per heavy atom. The van der Waals surface area contributed by atoms with E-state index in [0.717, 1.165) is 22.2 Å². The molecule has 7 heteroatoms. The summed E-state index contributed by atoms with van der Waals surface area (Å²) in [4.78, 5) is 15.6. The second-order valence-electron chi connectivity index (χ2n) is 5.22. The number of halogens is 1. The van der Waals surface area contributed by atoms with Gasteiger partial charge in [0.2, 0.25) is 0 Å². The second-order valence-corrected chi connectivity index (χ2v) is 5.62. The minimum absolute atomic E-state index is 0.0849. The highest BCUT2D eigenvalue weighted by Crippen LogP contribution is 2.41. The standard InChI is InChI=1S/C16H10ClN5O/c17-11-5-1-3-9-13(11)16(23)10-4-2-6-12-14(10)15(9)20-22(12)8-7-19-21-18/h1-6H,7-8H2. The highest BCUT2D eigenvalue weighted by molar-refractivity contribution is 6.38. The average Bonchev–Trinajstić information content (AvgIpc) is 2.93. The van der Waals surface area contributed by atoms with Crippen LogP contribution in [0.1, 0.15) is 15.9 Å². The molecular formula is C16H10ClN5O. The Labute approximate surface area is 135 Å². The molecule has 0 fully saturated rings. The van der Waals surface area contributed by atoms with Crippen LogP contribution in [0.3, 0.4) is 0 Å². The molecule has 6 nitrogen and oxygen atoms in total. The highest BCUT2D eigenvalue weighted by Gasteiger charge is 2.30. The molecule has 23 heavy (non-hydrogen) atoms. The monoisotopic (exact) mass is 323 g/mol. The minimum atomic E-state index is -0.0849. The average molecular weight is 324 g/mol. The summed E-state index contributed by atoms with van der Waals surface area (Å²) in [5.41, 5.74) is 11.9. The van der Waals surface area contributed by atoms with E-state index in [1.165, 1.54) is 0 Å². The molecule has 0 saturated heterocycles. The summed E-state index contributed by atoms with van der Waals surface area (Å²) < 4.78 is 1.77. The molecule has 3 aromatic rings. The van der Waals surface area contributed by atoms with Crippen LogP contribution in [0.2, 0.25) is 5.02 Å². The van der Waals surface area contributed by atoms with Crippen LogP contribution in [-0.4, -0.2) is 22.1 Å². The van der Waals surface area contributed by atoms with Gasteiger partial charge in [-0.2, -0.15) is 5.10 Å². The Morgan fingerprint density at radius 2 is 2.00 bits per heavy atom. The zero-order valence-corrected chi connectivity index (χ0v) is 12.7. The molecule has 0 spiro atoms. The molecule has 1 aliphatic rings. The molecule has 0 bridgehead atoms. The Kier molecular flexibility index (Phi) is 3.08. The molecule has 2 aromatic carbocycles. The summed E-state index contributed by atoms with van der Waals surface area (Å²) in [6.45, 7) is 0.751. The molecule has 1 heterocycles. The van der Waals surface area contributed by atoms with E-state index in [4.69, 9.17) is 17.1 Å². The van der Waals surface area contributed by atoms with Crippen molar-refractivity contribution in [1.29, 1.82) is 0 Å². The number of carbonyl (C=O) groups excluding carboxylic acids is 1. The van der Waals surface area contributed by atoms with Crippen molar-refractivity contribution in [2.45, 2.75) is 6.54 Å². The van der Waals surface area contributed by atoms with Gasteiger partial charge in [-0.3, -0.25) is 9.48 Å². The molecule has 0 amide bonds. The molecular weight excluding hydrogens is 314 g/mol. The molecule has 0 saturated carbocycles. The van der Waals surface area contributed by atoms with Crippen LogP contribution < -0.4 is 0 Å². The van der Waals surface area contributed by atoms with Gasteiger partial charge >= 0.3 is 0 Å². The van der Waals surface area contributed by atoms with Gasteiger partial charge in [0.05, 0.1) is 16.1 Å². The Bertz CT molecular complexity index is 1020. The lowest BCUT2D eigenvalue weighted by molar-refractivity contribution is 0.104. The van der Waals surface area contributed by atoms with Gasteiger partial charge in [0.25, 0.3) is 0 Å². The largest absolute Gasteiger partial charge is 0.289 e. The smallest absolute Gasteiger partial charge is 0.195 e. The third-order valence-electron chi connectivity index (χ3n) is 3.99. The molecule has 1 aromatic heterocycles. The van der Waals surface area contributed by atoms with Gasteiger partial charge < -0.3 is 0 Å². The van der Waals surface area contributed by atoms with Crippen LogP contribution >= 0.6 is 11.6 Å². The van der Waals surface area contributed by atoms with Crippen molar-refractivity contribution in [2.24, 2.45) is 5.11 Å². The fourth-order valence-corrected chi connectivity index (χ4v) is 3.31. The maximum atomic E-state index is 12.8. The van der Waals surface area contributed by atoms with Gasteiger partial charge in [-0.25, -0.2) is 0 Å². The van der Waals surface area contributed by atoms with Crippen LogP contribution in [0, 0.1) is 0 Å². The number of aromatic nitrogens is 2. The SMILES string of the molecule is [N-]=[N+]=NCCn1nc2c3c(cccc31)C(=O)c1c(Cl)cccc1-2. The van der Waals surface area contributed by atoms with Crippen LogP contribution in [-0.2, 0) is 6.54 Å². The van der Waals surface area contributed by atoms with Crippen LogP contribution in [0.15, 0.2) is 41.5 Å². The summed E-state index contributed by atoms with van der Waals surface area (Å²) >= 11 is 6.24. The molecule has 0 unspecified atom stereocenters. The number of carbonyl (C=O) groups is 1. The summed E-state index contributed by atoms with van der Waals surface area (Å²) in [6, 6.07) is 10.9. The topological polar surface area (TPSA) is 83.7 Å². The van der Waals surface area contributed by atoms with E-state index < -0.39 is 0 Å². The first kappa shape index (κ1) is 13.8. The number of hydrogen-bond donors (Lipinski definition) is 0. The van der Waals surface area contributed by atoms with E-state index in [1.54, 1.807) is 16.8 Å². The summed E-state index contributed by atoms with van der Waals surface area (Å²) in [5, 5.41) is 9.44. The van der Waals surface area contributed by atoms with Crippen LogP contribution in [0.4, 0.5) is 0 Å². The van der Waals surface area contributed by atoms with Gasteiger partial charge in [0, 0.05) is 34.5 Å². The quantitative estimate of drug-likeness (QED) is 0.321. The van der Waals surface area contributed by atoms with E-state index >= 15 is 0 Å². The first-order valence-electron chi connectivity index (χ1n) is 7.06. The number of benzene rings is 2. The Morgan fingerprint density at radius 3 is 2.83 bits per heavy atom. The zero-order chi connectivity index (χ0) is 16.0. The normalized spacial score (nSPS) is 12.1. The molecule has 0 aliphatic heterocycles. The van der Waals surface area contributed by atoms with Crippen molar-refractivity contribution in [3.63, 3.8) is 0 Å². The molecule has 4 rings (SSSR count). The maximum absolute atomic E-state index is 12.8. The molecule has 0 atom stereocenters. The summed E-state index contributed by atoms with van der Waals surface area (Å²) in [6.07, 6.45) is 0. The van der Waals surface area contributed by atoms with E-state index in [1.807, 2.05) is 24.3 Å². The maximum Gasteiger partial charge on any atom is 0.195 e. The minimum Gasteiger partial charge on any atom is -0.289 e. The predicted molar refractivity (Wildman–Crippen MR) is 87.6 cm³/mol. The first-order chi connectivity index (χ1) is 11.2. The third kappa shape index (κ3) is 1.93. The number of hydrogen-bond acceptors (Lipinski definition) is 3. The van der Waals surface area contributed by atoms with Crippen molar-refractivity contribution >= 4 is 28.3 Å². The van der Waals surface area contributed by atoms with Crippen molar-refractivity contribution < 1.29 is 4.79 Å². The fraction of sp³-hybridized carbons (Fsp3) is 0.125. The fourth-order valence-electron chi connectivity index (χ4n) is 3.05. The van der Waals surface area contributed by atoms with Gasteiger partial charge in [0.15, 0.2) is 5.78 Å². The Balaban J connectivity index is 2.03. The molecule has 0 radical (unpaired) electrons. The highest BCUT2D eigenvalue weighted by atomic mass is 35.5. The van der Waals surface area contributed by atoms with E-state index in [-0.39, 0.29) is 5.78 Å². The summed E-state index contributed by atoms with van der Waals surface area (Å²) in [5.74, 6) is -0.0849. The van der Waals surface area contributed by atoms with Gasteiger partial charge in [0.1, 0.15) is 5.69 Å². The Hall–Kier alpha value is -2.82. The van der Waals surface area contributed by atoms with E-state index in [0.29, 0.717) is 29.2 Å². The van der Waals surface area contributed by atoms with Gasteiger partial charge in [-0.1, -0.05) is 41.0 Å².